The normalized spacial score (nSPS) is 17.9. The van der Waals surface area contributed by atoms with Crippen LogP contribution in [0.4, 0.5) is 0 Å². The van der Waals surface area contributed by atoms with E-state index >= 15 is 0 Å². The van der Waals surface area contributed by atoms with Gasteiger partial charge in [0.2, 0.25) is 0 Å². The first-order chi connectivity index (χ1) is 13.7. The topological polar surface area (TPSA) is 47.6 Å². The zero-order valence-corrected chi connectivity index (χ0v) is 16.9. The number of carbonyl (C=O) groups is 1. The Labute approximate surface area is 168 Å². The average Bonchev–Trinajstić information content (AvgIpc) is 2.73. The second-order valence-electron chi connectivity index (χ2n) is 7.50. The van der Waals surface area contributed by atoms with Gasteiger partial charge in [0, 0.05) is 6.54 Å². The molecule has 1 aliphatic rings. The minimum atomic E-state index is -0.673. The molecule has 2 aromatic carbocycles. The Morgan fingerprint density at radius 3 is 2.68 bits per heavy atom. The van der Waals surface area contributed by atoms with Crippen LogP contribution in [0.2, 0.25) is 0 Å². The fourth-order valence-electron chi connectivity index (χ4n) is 3.47. The molecule has 1 aliphatic heterocycles. The molecule has 2 aromatic rings. The molecule has 1 heterocycles. The van der Waals surface area contributed by atoms with E-state index in [4.69, 9.17) is 9.47 Å². The maximum Gasteiger partial charge on any atom is 0.339 e. The minimum absolute atomic E-state index is 0.0360. The predicted molar refractivity (Wildman–Crippen MR) is 112 cm³/mol. The van der Waals surface area contributed by atoms with Gasteiger partial charge < -0.3 is 14.8 Å². The van der Waals surface area contributed by atoms with Gasteiger partial charge in [0.1, 0.15) is 0 Å². The molecule has 1 saturated heterocycles. The Bertz CT molecular complexity index is 751. The van der Waals surface area contributed by atoms with Crippen molar-refractivity contribution < 1.29 is 14.3 Å². The van der Waals surface area contributed by atoms with Crippen LogP contribution in [0.25, 0.3) is 11.1 Å². The highest BCUT2D eigenvalue weighted by Crippen LogP contribution is 2.27. The molecule has 0 radical (unpaired) electrons. The number of esters is 1. The van der Waals surface area contributed by atoms with Gasteiger partial charge in [-0.25, -0.2) is 4.79 Å². The highest BCUT2D eigenvalue weighted by molar-refractivity contribution is 5.77. The highest BCUT2D eigenvalue weighted by Gasteiger charge is 2.27. The van der Waals surface area contributed by atoms with E-state index in [0.717, 1.165) is 49.9 Å². The molecule has 0 amide bonds. The van der Waals surface area contributed by atoms with Crippen LogP contribution in [0.3, 0.4) is 0 Å². The summed E-state index contributed by atoms with van der Waals surface area (Å²) in [6, 6.07) is 16.5. The molecule has 0 aliphatic carbocycles. The van der Waals surface area contributed by atoms with Crippen molar-refractivity contribution in [2.24, 2.45) is 0 Å². The van der Waals surface area contributed by atoms with Crippen molar-refractivity contribution >= 4 is 5.97 Å². The van der Waals surface area contributed by atoms with Crippen LogP contribution in [-0.4, -0.2) is 31.8 Å². The van der Waals surface area contributed by atoms with E-state index < -0.39 is 6.10 Å². The van der Waals surface area contributed by atoms with Crippen molar-refractivity contribution in [3.8, 4) is 11.1 Å². The van der Waals surface area contributed by atoms with Crippen molar-refractivity contribution in [1.82, 2.24) is 5.32 Å². The van der Waals surface area contributed by atoms with E-state index in [2.05, 4.69) is 55.6 Å². The largest absolute Gasteiger partial charge is 0.464 e. The predicted octanol–water partition coefficient (Wildman–Crippen LogP) is 4.82. The van der Waals surface area contributed by atoms with Gasteiger partial charge in [-0.05, 0) is 49.4 Å². The van der Waals surface area contributed by atoms with Crippen LogP contribution in [0.1, 0.15) is 49.8 Å². The van der Waals surface area contributed by atoms with Gasteiger partial charge in [0.25, 0.3) is 0 Å². The molecule has 150 valence electrons. The number of rotatable bonds is 8. The first-order valence-electron chi connectivity index (χ1n) is 10.4. The lowest BCUT2D eigenvalue weighted by molar-refractivity contribution is -0.162. The van der Waals surface area contributed by atoms with Gasteiger partial charge in [-0.15, -0.1) is 0 Å². The molecule has 2 atom stereocenters. The number of piperidine rings is 1. The molecule has 0 aromatic heterocycles. The number of benzene rings is 2. The minimum Gasteiger partial charge on any atom is -0.464 e. The summed E-state index contributed by atoms with van der Waals surface area (Å²) in [6.45, 7) is 6.40. The Morgan fingerprint density at radius 2 is 2.00 bits per heavy atom. The first kappa shape index (κ1) is 20.6. The van der Waals surface area contributed by atoms with Gasteiger partial charge >= 0.3 is 5.97 Å². The number of ether oxygens (including phenoxy) is 2. The van der Waals surface area contributed by atoms with Crippen LogP contribution in [0.5, 0.6) is 0 Å². The summed E-state index contributed by atoms with van der Waals surface area (Å²) in [5.74, 6) is -0.290. The molecule has 0 saturated carbocycles. The summed E-state index contributed by atoms with van der Waals surface area (Å²) in [5.41, 5.74) is 4.38. The molecule has 0 spiro atoms. The summed E-state index contributed by atoms with van der Waals surface area (Å²) in [6.07, 6.45) is 3.26. The monoisotopic (exact) mass is 381 g/mol. The third-order valence-electron chi connectivity index (χ3n) is 5.10. The number of aryl methyl sites for hydroxylation is 1. The molecular weight excluding hydrogens is 350 g/mol. The van der Waals surface area contributed by atoms with E-state index in [9.17, 15) is 4.79 Å². The fraction of sp³-hybridized carbons (Fsp3) is 0.458. The summed E-state index contributed by atoms with van der Waals surface area (Å²) in [7, 11) is 0. The van der Waals surface area contributed by atoms with Crippen molar-refractivity contribution in [2.45, 2.75) is 51.7 Å². The molecule has 4 nitrogen and oxygen atoms in total. The summed E-state index contributed by atoms with van der Waals surface area (Å²) >= 11 is 0. The van der Waals surface area contributed by atoms with Crippen molar-refractivity contribution in [3.05, 3.63) is 59.7 Å². The van der Waals surface area contributed by atoms with Crippen LogP contribution >= 0.6 is 0 Å². The zero-order chi connectivity index (χ0) is 19.8. The van der Waals surface area contributed by atoms with Crippen LogP contribution in [0.15, 0.2) is 48.5 Å². The van der Waals surface area contributed by atoms with Crippen molar-refractivity contribution in [3.63, 3.8) is 0 Å². The van der Waals surface area contributed by atoms with E-state index in [1.165, 1.54) is 11.1 Å². The Balaban J connectivity index is 1.76. The SMILES string of the molecule is CCCCOC(=O)C(OC1CCCNC1)c1ccc(-c2cccc(C)c2)cc1. The maximum atomic E-state index is 12.7. The van der Waals surface area contributed by atoms with E-state index in [-0.39, 0.29) is 12.1 Å². The molecule has 1 N–H and O–H groups in total. The first-order valence-corrected chi connectivity index (χ1v) is 10.4. The molecule has 1 fully saturated rings. The number of unbranched alkanes of at least 4 members (excludes halogenated alkanes) is 1. The molecule has 2 unspecified atom stereocenters. The number of carbonyl (C=O) groups excluding carboxylic acids is 1. The van der Waals surface area contributed by atoms with Gasteiger partial charge in [-0.3, -0.25) is 0 Å². The van der Waals surface area contributed by atoms with Crippen LogP contribution in [0, 0.1) is 6.92 Å². The lowest BCUT2D eigenvalue weighted by atomic mass is 10.00. The van der Waals surface area contributed by atoms with Gasteiger partial charge in [0.05, 0.1) is 12.7 Å². The summed E-state index contributed by atoms with van der Waals surface area (Å²) in [5, 5.41) is 3.34. The average molecular weight is 382 g/mol. The van der Waals surface area contributed by atoms with Crippen molar-refractivity contribution in [2.75, 3.05) is 19.7 Å². The van der Waals surface area contributed by atoms with E-state index in [1.807, 2.05) is 12.1 Å². The zero-order valence-electron chi connectivity index (χ0n) is 16.9. The smallest absolute Gasteiger partial charge is 0.339 e. The standard InChI is InChI=1S/C24H31NO3/c1-3-4-15-27-24(26)23(28-22-9-6-14-25-17-22)20-12-10-19(11-13-20)21-8-5-7-18(2)16-21/h5,7-8,10-13,16,22-23,25H,3-4,6,9,14-15,17H2,1-2H3. The number of hydrogen-bond acceptors (Lipinski definition) is 4. The van der Waals surface area contributed by atoms with Crippen LogP contribution < -0.4 is 5.32 Å². The third kappa shape index (κ3) is 5.66. The maximum absolute atomic E-state index is 12.7. The molecule has 3 rings (SSSR count). The molecule has 28 heavy (non-hydrogen) atoms. The lowest BCUT2D eigenvalue weighted by Crippen LogP contribution is -2.37. The lowest BCUT2D eigenvalue weighted by Gasteiger charge is -2.27. The number of hydrogen-bond donors (Lipinski definition) is 1. The van der Waals surface area contributed by atoms with E-state index in [0.29, 0.717) is 6.61 Å². The fourth-order valence-corrected chi connectivity index (χ4v) is 3.47. The molecular formula is C24H31NO3. The summed E-state index contributed by atoms with van der Waals surface area (Å²) < 4.78 is 11.7. The second-order valence-corrected chi connectivity index (χ2v) is 7.50. The van der Waals surface area contributed by atoms with Gasteiger partial charge in [-0.2, -0.15) is 0 Å². The Hall–Kier alpha value is -2.17. The van der Waals surface area contributed by atoms with Gasteiger partial charge in [-0.1, -0.05) is 67.4 Å². The molecule has 0 bridgehead atoms. The number of nitrogens with one attached hydrogen (secondary N) is 1. The Morgan fingerprint density at radius 1 is 1.18 bits per heavy atom. The van der Waals surface area contributed by atoms with Crippen LogP contribution in [-0.2, 0) is 14.3 Å². The van der Waals surface area contributed by atoms with Gasteiger partial charge in [0.15, 0.2) is 6.10 Å². The van der Waals surface area contributed by atoms with E-state index in [1.54, 1.807) is 0 Å². The third-order valence-corrected chi connectivity index (χ3v) is 5.10. The Kier molecular flexibility index (Phi) is 7.63. The summed E-state index contributed by atoms with van der Waals surface area (Å²) in [4.78, 5) is 12.7. The van der Waals surface area contributed by atoms with Crippen molar-refractivity contribution in [1.29, 1.82) is 0 Å². The molecule has 4 heteroatoms. The second kappa shape index (κ2) is 10.4. The quantitative estimate of drug-likeness (QED) is 0.526. The highest BCUT2D eigenvalue weighted by atomic mass is 16.6.